The fourth-order valence-electron chi connectivity index (χ4n) is 1.98. The average molecular weight is 200 g/mol. The molecule has 0 aliphatic carbocycles. The number of hydrogen-bond acceptors (Lipinski definition) is 4. The fraction of sp³-hybridized carbons (Fsp3) is 1.00. The van der Waals surface area contributed by atoms with Gasteiger partial charge in [-0.3, -0.25) is 14.7 Å². The molecule has 1 fully saturated rings. The molecule has 0 N–H and O–H groups in total. The largest absolute Gasteiger partial charge is 0.309 e. The highest BCUT2D eigenvalue weighted by atomic mass is 15.5. The van der Waals surface area contributed by atoms with E-state index in [0.717, 1.165) is 20.0 Å². The molecule has 0 radical (unpaired) electrons. The van der Waals surface area contributed by atoms with Crippen molar-refractivity contribution in [1.82, 2.24) is 19.6 Å². The van der Waals surface area contributed by atoms with Crippen LogP contribution in [0.25, 0.3) is 0 Å². The average Bonchev–Trinajstić information content (AvgIpc) is 2.01. The molecule has 4 nitrogen and oxygen atoms in total. The van der Waals surface area contributed by atoms with E-state index in [0.29, 0.717) is 0 Å². The van der Waals surface area contributed by atoms with Gasteiger partial charge in [0.25, 0.3) is 0 Å². The van der Waals surface area contributed by atoms with Crippen LogP contribution in [0.5, 0.6) is 0 Å². The first kappa shape index (κ1) is 11.9. The normalized spacial score (nSPS) is 22.1. The molecule has 0 amide bonds. The lowest BCUT2D eigenvalue weighted by Crippen LogP contribution is -2.52. The predicted molar refractivity (Wildman–Crippen MR) is 60.0 cm³/mol. The minimum Gasteiger partial charge on any atom is -0.309 e. The van der Waals surface area contributed by atoms with Crippen LogP contribution in [0.4, 0.5) is 0 Å². The summed E-state index contributed by atoms with van der Waals surface area (Å²) in [7, 11) is 8.62. The van der Waals surface area contributed by atoms with E-state index in [4.69, 9.17) is 0 Å². The summed E-state index contributed by atoms with van der Waals surface area (Å²) in [6.45, 7) is 5.69. The van der Waals surface area contributed by atoms with E-state index in [-0.39, 0.29) is 0 Å². The van der Waals surface area contributed by atoms with Gasteiger partial charge in [0.15, 0.2) is 0 Å². The van der Waals surface area contributed by atoms with Crippen molar-refractivity contribution in [2.45, 2.75) is 6.42 Å². The number of rotatable bonds is 4. The predicted octanol–water partition coefficient (Wildman–Crippen LogP) is -0.0102. The van der Waals surface area contributed by atoms with Gasteiger partial charge in [0.1, 0.15) is 0 Å². The second-order valence-corrected chi connectivity index (χ2v) is 4.69. The zero-order valence-corrected chi connectivity index (χ0v) is 10.0. The zero-order valence-electron chi connectivity index (χ0n) is 10.0. The third-order valence-corrected chi connectivity index (χ3v) is 2.45. The first-order chi connectivity index (χ1) is 6.58. The summed E-state index contributed by atoms with van der Waals surface area (Å²) in [5.74, 6) is 0. The van der Waals surface area contributed by atoms with Gasteiger partial charge in [0, 0.05) is 6.54 Å². The standard InChI is InChI=1S/C10H24N4/c1-11(2)6-5-7-14-9-12(3)8-13(4)10-14/h5-10H2,1-4H3. The molecular weight excluding hydrogens is 176 g/mol. The topological polar surface area (TPSA) is 13.0 Å². The van der Waals surface area contributed by atoms with Crippen LogP contribution in [0.3, 0.4) is 0 Å². The summed E-state index contributed by atoms with van der Waals surface area (Å²) in [6, 6.07) is 0. The fourth-order valence-corrected chi connectivity index (χ4v) is 1.98. The van der Waals surface area contributed by atoms with Gasteiger partial charge in [-0.2, -0.15) is 0 Å². The summed E-state index contributed by atoms with van der Waals surface area (Å²) in [6.07, 6.45) is 1.26. The van der Waals surface area contributed by atoms with Crippen LogP contribution in [0.1, 0.15) is 6.42 Å². The smallest absolute Gasteiger partial charge is 0.0526 e. The Bertz CT molecular complexity index is 150. The summed E-state index contributed by atoms with van der Waals surface area (Å²) in [5, 5.41) is 0. The first-order valence-corrected chi connectivity index (χ1v) is 5.32. The third-order valence-electron chi connectivity index (χ3n) is 2.45. The Morgan fingerprint density at radius 1 is 1.00 bits per heavy atom. The van der Waals surface area contributed by atoms with Crippen molar-refractivity contribution >= 4 is 0 Å². The molecule has 0 spiro atoms. The molecule has 84 valence electrons. The lowest BCUT2D eigenvalue weighted by Gasteiger charge is -2.39. The summed E-state index contributed by atoms with van der Waals surface area (Å²) >= 11 is 0. The maximum atomic E-state index is 2.49. The van der Waals surface area contributed by atoms with E-state index in [1.54, 1.807) is 0 Å². The van der Waals surface area contributed by atoms with Crippen molar-refractivity contribution in [3.05, 3.63) is 0 Å². The highest BCUT2D eigenvalue weighted by Gasteiger charge is 2.17. The maximum Gasteiger partial charge on any atom is 0.0526 e. The van der Waals surface area contributed by atoms with Crippen LogP contribution in [0.15, 0.2) is 0 Å². The molecule has 0 saturated carbocycles. The highest BCUT2D eigenvalue weighted by molar-refractivity contribution is 4.64. The van der Waals surface area contributed by atoms with Gasteiger partial charge in [-0.1, -0.05) is 0 Å². The zero-order chi connectivity index (χ0) is 10.6. The Morgan fingerprint density at radius 2 is 1.57 bits per heavy atom. The highest BCUT2D eigenvalue weighted by Crippen LogP contribution is 2.03. The first-order valence-electron chi connectivity index (χ1n) is 5.32. The van der Waals surface area contributed by atoms with Gasteiger partial charge in [0.2, 0.25) is 0 Å². The maximum absolute atomic E-state index is 2.49. The Morgan fingerprint density at radius 3 is 2.07 bits per heavy atom. The minimum atomic E-state index is 1.09. The molecule has 0 unspecified atom stereocenters. The SMILES string of the molecule is CN(C)CCCN1CN(C)CN(C)C1. The van der Waals surface area contributed by atoms with E-state index >= 15 is 0 Å². The quantitative estimate of drug-likeness (QED) is 0.633. The van der Waals surface area contributed by atoms with Gasteiger partial charge in [-0.05, 0) is 41.2 Å². The molecule has 1 aliphatic heterocycles. The molecule has 1 rings (SSSR count). The van der Waals surface area contributed by atoms with E-state index in [9.17, 15) is 0 Å². The molecule has 1 saturated heterocycles. The van der Waals surface area contributed by atoms with Crippen LogP contribution < -0.4 is 0 Å². The summed E-state index contributed by atoms with van der Waals surface area (Å²) in [5.41, 5.74) is 0. The van der Waals surface area contributed by atoms with E-state index < -0.39 is 0 Å². The molecule has 0 aromatic rings. The van der Waals surface area contributed by atoms with Crippen molar-refractivity contribution in [3.8, 4) is 0 Å². The van der Waals surface area contributed by atoms with Gasteiger partial charge in [-0.15, -0.1) is 0 Å². The molecular formula is C10H24N4. The molecule has 0 aromatic carbocycles. The Hall–Kier alpha value is -0.160. The van der Waals surface area contributed by atoms with E-state index in [1.807, 2.05) is 0 Å². The van der Waals surface area contributed by atoms with Gasteiger partial charge < -0.3 is 4.90 Å². The lowest BCUT2D eigenvalue weighted by molar-refractivity contribution is -0.00234. The lowest BCUT2D eigenvalue weighted by atomic mass is 10.3. The molecule has 4 heteroatoms. The van der Waals surface area contributed by atoms with Crippen LogP contribution in [-0.4, -0.2) is 80.9 Å². The minimum absolute atomic E-state index is 1.09. The Labute approximate surface area is 88.1 Å². The molecule has 1 heterocycles. The molecule has 0 bridgehead atoms. The van der Waals surface area contributed by atoms with Crippen molar-refractivity contribution in [2.75, 3.05) is 61.3 Å². The van der Waals surface area contributed by atoms with Crippen molar-refractivity contribution in [1.29, 1.82) is 0 Å². The van der Waals surface area contributed by atoms with Gasteiger partial charge in [-0.25, -0.2) is 0 Å². The molecule has 1 aliphatic rings. The monoisotopic (exact) mass is 200 g/mol. The van der Waals surface area contributed by atoms with Crippen molar-refractivity contribution in [2.24, 2.45) is 0 Å². The number of hydrogen-bond donors (Lipinski definition) is 0. The van der Waals surface area contributed by atoms with Crippen LogP contribution in [0.2, 0.25) is 0 Å². The molecule has 0 aromatic heterocycles. The molecule has 14 heavy (non-hydrogen) atoms. The van der Waals surface area contributed by atoms with Gasteiger partial charge in [0.05, 0.1) is 20.0 Å². The van der Waals surface area contributed by atoms with Crippen LogP contribution in [-0.2, 0) is 0 Å². The van der Waals surface area contributed by atoms with E-state index in [1.165, 1.54) is 19.5 Å². The third kappa shape index (κ3) is 4.37. The van der Waals surface area contributed by atoms with Crippen molar-refractivity contribution < 1.29 is 0 Å². The molecule has 0 atom stereocenters. The Balaban J connectivity index is 2.17. The van der Waals surface area contributed by atoms with Gasteiger partial charge >= 0.3 is 0 Å². The van der Waals surface area contributed by atoms with Crippen LogP contribution >= 0.6 is 0 Å². The second kappa shape index (κ2) is 5.66. The van der Waals surface area contributed by atoms with Crippen LogP contribution in [0, 0.1) is 0 Å². The summed E-state index contributed by atoms with van der Waals surface area (Å²) < 4.78 is 0. The Kier molecular flexibility index (Phi) is 4.81. The number of nitrogens with zero attached hydrogens (tertiary/aromatic N) is 4. The summed E-state index contributed by atoms with van der Waals surface area (Å²) in [4.78, 5) is 9.43. The second-order valence-electron chi connectivity index (χ2n) is 4.69. The van der Waals surface area contributed by atoms with Crippen molar-refractivity contribution in [3.63, 3.8) is 0 Å². The van der Waals surface area contributed by atoms with E-state index in [2.05, 4.69) is 47.8 Å².